The molecule has 0 radical (unpaired) electrons. The van der Waals surface area contributed by atoms with Crippen LogP contribution in [0.5, 0.6) is 0 Å². The second-order valence-corrected chi connectivity index (χ2v) is 5.49. The van der Waals surface area contributed by atoms with Crippen molar-refractivity contribution in [1.82, 2.24) is 15.1 Å². The first-order valence-electron chi connectivity index (χ1n) is 6.96. The quantitative estimate of drug-likeness (QED) is 0.847. The van der Waals surface area contributed by atoms with Crippen LogP contribution in [0.1, 0.15) is 37.6 Å². The molecule has 1 aliphatic heterocycles. The Hall–Kier alpha value is -1.85. The van der Waals surface area contributed by atoms with Gasteiger partial charge in [-0.15, -0.1) is 0 Å². The third kappa shape index (κ3) is 2.42. The van der Waals surface area contributed by atoms with Gasteiger partial charge in [0.25, 0.3) is 5.91 Å². The highest BCUT2D eigenvalue weighted by Crippen LogP contribution is 2.39. The minimum atomic E-state index is -0.588. The van der Waals surface area contributed by atoms with E-state index in [0.717, 1.165) is 0 Å². The molecule has 1 atom stereocenters. The number of amides is 1. The lowest BCUT2D eigenvalue weighted by atomic mass is 9.76. The summed E-state index contributed by atoms with van der Waals surface area (Å²) in [5.41, 5.74) is -0.0662. The van der Waals surface area contributed by atoms with E-state index in [1.54, 1.807) is 18.0 Å². The fraction of sp³-hybridized carbons (Fsp3) is 0.643. The van der Waals surface area contributed by atoms with Crippen LogP contribution in [0.15, 0.2) is 12.4 Å². The molecule has 6 nitrogen and oxygen atoms in total. The Morgan fingerprint density at radius 2 is 2.30 bits per heavy atom. The molecule has 1 aromatic rings. The zero-order valence-corrected chi connectivity index (χ0v) is 12.2. The van der Waals surface area contributed by atoms with Gasteiger partial charge in [0.05, 0.1) is 23.8 Å². The SMILES string of the molecule is CCOC(=O)[C@@]1(C(C)C)CCN(C(=O)c2cn[nH]c2)C1. The molecule has 1 N–H and O–H groups in total. The highest BCUT2D eigenvalue weighted by Gasteiger charge is 2.49. The van der Waals surface area contributed by atoms with Gasteiger partial charge in [0.2, 0.25) is 0 Å². The van der Waals surface area contributed by atoms with E-state index in [0.29, 0.717) is 31.7 Å². The van der Waals surface area contributed by atoms with Crippen molar-refractivity contribution in [2.75, 3.05) is 19.7 Å². The third-order valence-corrected chi connectivity index (χ3v) is 4.12. The van der Waals surface area contributed by atoms with Crippen molar-refractivity contribution < 1.29 is 14.3 Å². The summed E-state index contributed by atoms with van der Waals surface area (Å²) in [6, 6.07) is 0. The topological polar surface area (TPSA) is 75.3 Å². The van der Waals surface area contributed by atoms with Gasteiger partial charge in [-0.2, -0.15) is 5.10 Å². The van der Waals surface area contributed by atoms with E-state index < -0.39 is 5.41 Å². The number of carbonyl (C=O) groups excluding carboxylic acids is 2. The first-order chi connectivity index (χ1) is 9.51. The number of carbonyl (C=O) groups is 2. The smallest absolute Gasteiger partial charge is 0.314 e. The number of H-pyrrole nitrogens is 1. The molecule has 1 fully saturated rings. The van der Waals surface area contributed by atoms with E-state index in [-0.39, 0.29) is 17.8 Å². The van der Waals surface area contributed by atoms with Crippen LogP contribution in [0.2, 0.25) is 0 Å². The Morgan fingerprint density at radius 3 is 2.85 bits per heavy atom. The van der Waals surface area contributed by atoms with Crippen LogP contribution in [0.4, 0.5) is 0 Å². The minimum absolute atomic E-state index is 0.0921. The number of nitrogens with one attached hydrogen (secondary N) is 1. The molecule has 1 aromatic heterocycles. The van der Waals surface area contributed by atoms with Gasteiger partial charge in [0, 0.05) is 19.3 Å². The van der Waals surface area contributed by atoms with E-state index in [1.807, 2.05) is 13.8 Å². The van der Waals surface area contributed by atoms with Gasteiger partial charge in [0.15, 0.2) is 0 Å². The van der Waals surface area contributed by atoms with Crippen molar-refractivity contribution in [1.29, 1.82) is 0 Å². The Kier molecular flexibility index (Phi) is 4.11. The van der Waals surface area contributed by atoms with Gasteiger partial charge < -0.3 is 9.64 Å². The molecular weight excluding hydrogens is 258 g/mol. The molecule has 1 aliphatic rings. The van der Waals surface area contributed by atoms with Crippen molar-refractivity contribution in [3.8, 4) is 0 Å². The number of hydrogen-bond acceptors (Lipinski definition) is 4. The summed E-state index contributed by atoms with van der Waals surface area (Å²) in [7, 11) is 0. The normalized spacial score (nSPS) is 22.3. The molecule has 0 saturated carbocycles. The van der Waals surface area contributed by atoms with Crippen LogP contribution in [0, 0.1) is 11.3 Å². The van der Waals surface area contributed by atoms with Gasteiger partial charge in [-0.1, -0.05) is 13.8 Å². The second kappa shape index (κ2) is 5.64. The summed E-state index contributed by atoms with van der Waals surface area (Å²) in [5, 5.41) is 6.42. The summed E-state index contributed by atoms with van der Waals surface area (Å²) < 4.78 is 5.21. The Morgan fingerprint density at radius 1 is 1.55 bits per heavy atom. The Balaban J connectivity index is 2.16. The van der Waals surface area contributed by atoms with E-state index in [2.05, 4.69) is 10.2 Å². The highest BCUT2D eigenvalue weighted by molar-refractivity contribution is 5.94. The molecule has 2 heterocycles. The third-order valence-electron chi connectivity index (χ3n) is 4.12. The Bertz CT molecular complexity index is 484. The van der Waals surface area contributed by atoms with Crippen molar-refractivity contribution in [3.05, 3.63) is 18.0 Å². The summed E-state index contributed by atoms with van der Waals surface area (Å²) in [6.45, 7) is 7.15. The lowest BCUT2D eigenvalue weighted by Gasteiger charge is -2.30. The van der Waals surface area contributed by atoms with Crippen molar-refractivity contribution in [2.24, 2.45) is 11.3 Å². The lowest BCUT2D eigenvalue weighted by Crippen LogP contribution is -2.41. The van der Waals surface area contributed by atoms with E-state index in [4.69, 9.17) is 4.74 Å². The number of rotatable bonds is 4. The maximum Gasteiger partial charge on any atom is 0.314 e. The first kappa shape index (κ1) is 14.6. The average Bonchev–Trinajstić information content (AvgIpc) is 3.08. The zero-order chi connectivity index (χ0) is 14.8. The number of likely N-dealkylation sites (tertiary alicyclic amines) is 1. The fourth-order valence-electron chi connectivity index (χ4n) is 2.71. The van der Waals surface area contributed by atoms with Gasteiger partial charge >= 0.3 is 5.97 Å². The lowest BCUT2D eigenvalue weighted by molar-refractivity contribution is -0.157. The molecule has 1 amide bonds. The number of nitrogens with zero attached hydrogens (tertiary/aromatic N) is 2. The number of esters is 1. The zero-order valence-electron chi connectivity index (χ0n) is 12.2. The van der Waals surface area contributed by atoms with Gasteiger partial charge in [0.1, 0.15) is 0 Å². The van der Waals surface area contributed by atoms with Crippen LogP contribution in [-0.2, 0) is 9.53 Å². The molecule has 110 valence electrons. The average molecular weight is 279 g/mol. The summed E-state index contributed by atoms with van der Waals surface area (Å²) in [5.74, 6) is -0.160. The van der Waals surface area contributed by atoms with Gasteiger partial charge in [-0.3, -0.25) is 14.7 Å². The number of hydrogen-bond donors (Lipinski definition) is 1. The van der Waals surface area contributed by atoms with Crippen molar-refractivity contribution >= 4 is 11.9 Å². The van der Waals surface area contributed by atoms with Crippen LogP contribution in [-0.4, -0.2) is 46.7 Å². The molecule has 0 bridgehead atoms. The number of aromatic nitrogens is 2. The molecular formula is C14H21N3O3. The molecule has 2 rings (SSSR count). The van der Waals surface area contributed by atoms with Crippen LogP contribution < -0.4 is 0 Å². The fourth-order valence-corrected chi connectivity index (χ4v) is 2.71. The maximum absolute atomic E-state index is 12.3. The largest absolute Gasteiger partial charge is 0.466 e. The standard InChI is InChI=1S/C14H21N3O3/c1-4-20-13(19)14(10(2)3)5-6-17(9-14)12(18)11-7-15-16-8-11/h7-8,10H,4-6,9H2,1-3H3,(H,15,16)/t14-/m0/s1. The predicted octanol–water partition coefficient (Wildman–Crippen LogP) is 1.46. The van der Waals surface area contributed by atoms with Crippen molar-refractivity contribution in [3.63, 3.8) is 0 Å². The minimum Gasteiger partial charge on any atom is -0.466 e. The van der Waals surface area contributed by atoms with E-state index in [9.17, 15) is 9.59 Å². The van der Waals surface area contributed by atoms with Crippen LogP contribution in [0.3, 0.4) is 0 Å². The van der Waals surface area contributed by atoms with E-state index in [1.165, 1.54) is 6.20 Å². The number of aromatic amines is 1. The summed E-state index contributed by atoms with van der Waals surface area (Å²) in [4.78, 5) is 26.3. The highest BCUT2D eigenvalue weighted by atomic mass is 16.5. The first-order valence-corrected chi connectivity index (χ1v) is 6.96. The summed E-state index contributed by atoms with van der Waals surface area (Å²) >= 11 is 0. The summed E-state index contributed by atoms with van der Waals surface area (Å²) in [6.07, 6.45) is 3.72. The van der Waals surface area contributed by atoms with Crippen molar-refractivity contribution in [2.45, 2.75) is 27.2 Å². The molecule has 20 heavy (non-hydrogen) atoms. The van der Waals surface area contributed by atoms with Crippen LogP contribution in [0.25, 0.3) is 0 Å². The monoisotopic (exact) mass is 279 g/mol. The molecule has 0 aliphatic carbocycles. The van der Waals surface area contributed by atoms with Gasteiger partial charge in [-0.25, -0.2) is 0 Å². The molecule has 1 saturated heterocycles. The molecule has 0 unspecified atom stereocenters. The van der Waals surface area contributed by atoms with Crippen LogP contribution >= 0.6 is 0 Å². The second-order valence-electron chi connectivity index (χ2n) is 5.49. The predicted molar refractivity (Wildman–Crippen MR) is 73.0 cm³/mol. The van der Waals surface area contributed by atoms with E-state index >= 15 is 0 Å². The maximum atomic E-state index is 12.3. The van der Waals surface area contributed by atoms with Gasteiger partial charge in [-0.05, 0) is 19.3 Å². The molecule has 0 aromatic carbocycles. The number of ether oxygens (including phenoxy) is 1. The molecule has 6 heteroatoms. The Labute approximate surface area is 118 Å². The molecule has 0 spiro atoms.